The summed E-state index contributed by atoms with van der Waals surface area (Å²) < 4.78 is 1.19. The highest BCUT2D eigenvalue weighted by molar-refractivity contribution is 14.1. The Bertz CT molecular complexity index is 245. The lowest BCUT2D eigenvalue weighted by molar-refractivity contribution is 1.32. The van der Waals surface area contributed by atoms with Gasteiger partial charge in [0.15, 0.2) is 0 Å². The van der Waals surface area contributed by atoms with Crippen LogP contribution in [0.4, 0.5) is 0 Å². The molecule has 1 radical (unpaired) electrons. The second-order valence-electron chi connectivity index (χ2n) is 2.41. The van der Waals surface area contributed by atoms with Crippen molar-refractivity contribution in [1.29, 1.82) is 0 Å². The topological polar surface area (TPSA) is 0 Å². The van der Waals surface area contributed by atoms with E-state index in [2.05, 4.69) is 35.6 Å². The smallest absolute Gasteiger partial charge is 0.0454 e. The molecule has 1 aromatic rings. The molecule has 0 aromatic heterocycles. The highest BCUT2D eigenvalue weighted by Gasteiger charge is 2.02. The van der Waals surface area contributed by atoms with E-state index in [1.54, 1.807) is 0 Å². The standard InChI is InChI=1S/C9H9ClI/c1-3-8-6(2)4-7(11)5-9(8)10/h3-5H,1-2H3. The Morgan fingerprint density at radius 1 is 1.45 bits per heavy atom. The Morgan fingerprint density at radius 2 is 2.09 bits per heavy atom. The van der Waals surface area contributed by atoms with E-state index in [4.69, 9.17) is 11.6 Å². The molecule has 1 aromatic carbocycles. The number of hydrogen-bond acceptors (Lipinski definition) is 0. The van der Waals surface area contributed by atoms with E-state index in [0.717, 1.165) is 10.6 Å². The zero-order valence-corrected chi connectivity index (χ0v) is 9.40. The van der Waals surface area contributed by atoms with Gasteiger partial charge in [-0.3, -0.25) is 0 Å². The van der Waals surface area contributed by atoms with E-state index in [0.29, 0.717) is 0 Å². The van der Waals surface area contributed by atoms with Gasteiger partial charge in [0.25, 0.3) is 0 Å². The zero-order valence-electron chi connectivity index (χ0n) is 6.49. The molecule has 0 saturated carbocycles. The largest absolute Gasteiger partial charge is 0.0840 e. The fourth-order valence-corrected chi connectivity index (χ4v) is 2.42. The van der Waals surface area contributed by atoms with Crippen molar-refractivity contribution in [2.75, 3.05) is 0 Å². The minimum Gasteiger partial charge on any atom is -0.0840 e. The summed E-state index contributed by atoms with van der Waals surface area (Å²) in [5, 5.41) is 0.844. The molecule has 0 fully saturated rings. The molecule has 0 atom stereocenters. The summed E-state index contributed by atoms with van der Waals surface area (Å²) in [6, 6.07) is 4.10. The molecule has 0 amide bonds. The summed E-state index contributed by atoms with van der Waals surface area (Å²) >= 11 is 8.26. The van der Waals surface area contributed by atoms with Crippen LogP contribution >= 0.6 is 34.2 Å². The maximum Gasteiger partial charge on any atom is 0.0454 e. The summed E-state index contributed by atoms with van der Waals surface area (Å²) in [6.07, 6.45) is 2.04. The third kappa shape index (κ3) is 2.09. The molecule has 59 valence electrons. The lowest BCUT2D eigenvalue weighted by atomic mass is 10.1. The minimum atomic E-state index is 0.844. The number of benzene rings is 1. The molecular formula is C9H9ClI. The molecule has 0 bridgehead atoms. The van der Waals surface area contributed by atoms with Gasteiger partial charge >= 0.3 is 0 Å². The molecule has 0 spiro atoms. The monoisotopic (exact) mass is 279 g/mol. The maximum atomic E-state index is 6.00. The van der Waals surface area contributed by atoms with Crippen LogP contribution in [0.15, 0.2) is 12.1 Å². The number of aryl methyl sites for hydroxylation is 1. The van der Waals surface area contributed by atoms with Gasteiger partial charge in [0, 0.05) is 8.59 Å². The zero-order chi connectivity index (χ0) is 8.43. The van der Waals surface area contributed by atoms with Crippen LogP contribution in [0.5, 0.6) is 0 Å². The molecule has 0 saturated heterocycles. The van der Waals surface area contributed by atoms with Crippen LogP contribution in [0, 0.1) is 16.9 Å². The quantitative estimate of drug-likeness (QED) is 0.686. The van der Waals surface area contributed by atoms with Crippen molar-refractivity contribution in [2.45, 2.75) is 13.8 Å². The minimum absolute atomic E-state index is 0.844. The molecule has 0 aliphatic heterocycles. The van der Waals surface area contributed by atoms with Crippen LogP contribution in [0.2, 0.25) is 5.02 Å². The molecule has 0 aliphatic rings. The molecule has 0 N–H and O–H groups in total. The van der Waals surface area contributed by atoms with Gasteiger partial charge in [-0.05, 0) is 59.2 Å². The second-order valence-corrected chi connectivity index (χ2v) is 4.06. The predicted molar refractivity (Wildman–Crippen MR) is 58.0 cm³/mol. The van der Waals surface area contributed by atoms with Crippen molar-refractivity contribution in [3.05, 3.63) is 38.3 Å². The van der Waals surface area contributed by atoms with Crippen LogP contribution in [-0.4, -0.2) is 0 Å². The van der Waals surface area contributed by atoms with Gasteiger partial charge in [-0.2, -0.15) is 0 Å². The van der Waals surface area contributed by atoms with Crippen LogP contribution in [-0.2, 0) is 0 Å². The van der Waals surface area contributed by atoms with Crippen LogP contribution < -0.4 is 0 Å². The first-order valence-electron chi connectivity index (χ1n) is 3.40. The van der Waals surface area contributed by atoms with Gasteiger partial charge in [0.1, 0.15) is 0 Å². The van der Waals surface area contributed by atoms with Gasteiger partial charge in [-0.15, -0.1) is 0 Å². The second kappa shape index (κ2) is 3.76. The lowest BCUT2D eigenvalue weighted by Crippen LogP contribution is -1.87. The Labute approximate surface area is 86.1 Å². The highest BCUT2D eigenvalue weighted by atomic mass is 127. The number of halogens is 2. The first-order valence-corrected chi connectivity index (χ1v) is 4.86. The van der Waals surface area contributed by atoms with Crippen molar-refractivity contribution in [3.8, 4) is 0 Å². The lowest BCUT2D eigenvalue weighted by Gasteiger charge is -2.05. The third-order valence-corrected chi connectivity index (χ3v) is 2.53. The summed E-state index contributed by atoms with van der Waals surface area (Å²) in [5.41, 5.74) is 2.39. The number of hydrogen-bond donors (Lipinski definition) is 0. The Balaban J connectivity index is 3.25. The van der Waals surface area contributed by atoms with Crippen LogP contribution in [0.1, 0.15) is 18.1 Å². The van der Waals surface area contributed by atoms with Gasteiger partial charge in [0.2, 0.25) is 0 Å². The average Bonchev–Trinajstić information content (AvgIpc) is 1.85. The van der Waals surface area contributed by atoms with Gasteiger partial charge in [-0.1, -0.05) is 18.5 Å². The Morgan fingerprint density at radius 3 is 2.55 bits per heavy atom. The van der Waals surface area contributed by atoms with Crippen molar-refractivity contribution < 1.29 is 0 Å². The van der Waals surface area contributed by atoms with Crippen molar-refractivity contribution in [3.63, 3.8) is 0 Å². The molecule has 0 nitrogen and oxygen atoms in total. The summed E-state index contributed by atoms with van der Waals surface area (Å²) in [5.74, 6) is 0. The Hall–Kier alpha value is 0.240. The van der Waals surface area contributed by atoms with E-state index in [1.807, 2.05) is 19.4 Å². The molecular weight excluding hydrogens is 270 g/mol. The predicted octanol–water partition coefficient (Wildman–Crippen LogP) is 3.83. The molecule has 0 unspecified atom stereocenters. The summed E-state index contributed by atoms with van der Waals surface area (Å²) in [6.45, 7) is 4.07. The SMILES string of the molecule is C[CH]c1c(C)cc(I)cc1Cl. The highest BCUT2D eigenvalue weighted by Crippen LogP contribution is 2.24. The van der Waals surface area contributed by atoms with Crippen LogP contribution in [0.3, 0.4) is 0 Å². The van der Waals surface area contributed by atoms with Gasteiger partial charge in [0.05, 0.1) is 0 Å². The van der Waals surface area contributed by atoms with E-state index < -0.39 is 0 Å². The molecule has 11 heavy (non-hydrogen) atoms. The van der Waals surface area contributed by atoms with E-state index in [1.165, 1.54) is 9.13 Å². The van der Waals surface area contributed by atoms with E-state index in [-0.39, 0.29) is 0 Å². The molecule has 1 rings (SSSR count). The van der Waals surface area contributed by atoms with E-state index >= 15 is 0 Å². The normalized spacial score (nSPS) is 10.2. The fourth-order valence-electron chi connectivity index (χ4n) is 1.08. The van der Waals surface area contributed by atoms with Crippen molar-refractivity contribution in [1.82, 2.24) is 0 Å². The Kier molecular flexibility index (Phi) is 3.19. The van der Waals surface area contributed by atoms with Crippen molar-refractivity contribution >= 4 is 34.2 Å². The fraction of sp³-hybridized carbons (Fsp3) is 0.222. The third-order valence-electron chi connectivity index (χ3n) is 1.59. The summed E-state index contributed by atoms with van der Waals surface area (Å²) in [4.78, 5) is 0. The molecule has 0 heterocycles. The van der Waals surface area contributed by atoms with E-state index in [9.17, 15) is 0 Å². The first kappa shape index (κ1) is 9.33. The van der Waals surface area contributed by atoms with Crippen LogP contribution in [0.25, 0.3) is 0 Å². The number of rotatable bonds is 1. The molecule has 0 aliphatic carbocycles. The van der Waals surface area contributed by atoms with Gasteiger partial charge < -0.3 is 0 Å². The first-order chi connectivity index (χ1) is 5.15. The summed E-state index contributed by atoms with van der Waals surface area (Å²) in [7, 11) is 0. The average molecular weight is 280 g/mol. The maximum absolute atomic E-state index is 6.00. The van der Waals surface area contributed by atoms with Gasteiger partial charge in [-0.25, -0.2) is 0 Å². The molecule has 2 heteroatoms. The van der Waals surface area contributed by atoms with Crippen molar-refractivity contribution in [2.24, 2.45) is 0 Å².